The zero-order valence-electron chi connectivity index (χ0n) is 17.4. The molecule has 0 unspecified atom stereocenters. The van der Waals surface area contributed by atoms with E-state index in [4.69, 9.17) is 9.47 Å². The zero-order valence-corrected chi connectivity index (χ0v) is 17.4. The Labute approximate surface area is 171 Å². The van der Waals surface area contributed by atoms with Crippen molar-refractivity contribution in [2.75, 3.05) is 27.3 Å². The molecule has 7 nitrogen and oxygen atoms in total. The molecule has 1 fully saturated rings. The zero-order chi connectivity index (χ0) is 20.8. The van der Waals surface area contributed by atoms with Gasteiger partial charge in [0.15, 0.2) is 5.75 Å². The number of aryl methyl sites for hydroxylation is 1. The molecule has 156 valence electrons. The molecule has 2 heterocycles. The fourth-order valence-corrected chi connectivity index (χ4v) is 3.54. The van der Waals surface area contributed by atoms with E-state index < -0.39 is 0 Å². The van der Waals surface area contributed by atoms with E-state index in [0.29, 0.717) is 36.7 Å². The van der Waals surface area contributed by atoms with Crippen LogP contribution in [0.15, 0.2) is 35.1 Å². The molecule has 0 aliphatic carbocycles. The van der Waals surface area contributed by atoms with Gasteiger partial charge < -0.3 is 14.4 Å². The lowest BCUT2D eigenvalue weighted by Gasteiger charge is -2.30. The lowest BCUT2D eigenvalue weighted by molar-refractivity contribution is -0.132. The summed E-state index contributed by atoms with van der Waals surface area (Å²) < 4.78 is 12.0. The smallest absolute Gasteiger partial charge is 0.270 e. The van der Waals surface area contributed by atoms with Crippen molar-refractivity contribution >= 4 is 5.91 Å². The molecular formula is C22H29N3O4. The van der Waals surface area contributed by atoms with Crippen molar-refractivity contribution in [3.05, 3.63) is 40.7 Å². The molecule has 1 aromatic heterocycles. The minimum Gasteiger partial charge on any atom is -0.497 e. The summed E-state index contributed by atoms with van der Waals surface area (Å²) in [5.41, 5.74) is 1.18. The fourth-order valence-electron chi connectivity index (χ4n) is 3.54. The summed E-state index contributed by atoms with van der Waals surface area (Å²) in [4.78, 5) is 26.8. The molecule has 29 heavy (non-hydrogen) atoms. The van der Waals surface area contributed by atoms with Crippen molar-refractivity contribution in [2.24, 2.45) is 5.92 Å². The summed E-state index contributed by atoms with van der Waals surface area (Å²) in [5.74, 6) is 2.02. The molecule has 0 radical (unpaired) electrons. The molecule has 0 bridgehead atoms. The summed E-state index contributed by atoms with van der Waals surface area (Å²) in [7, 11) is 3.13. The number of methoxy groups -OCH3 is 2. The van der Waals surface area contributed by atoms with Crippen LogP contribution in [0.1, 0.15) is 32.6 Å². The van der Waals surface area contributed by atoms with E-state index in [0.717, 1.165) is 37.2 Å². The van der Waals surface area contributed by atoms with E-state index in [9.17, 15) is 9.59 Å². The van der Waals surface area contributed by atoms with Crippen LogP contribution in [-0.2, 0) is 11.3 Å². The van der Waals surface area contributed by atoms with E-state index in [2.05, 4.69) is 12.0 Å². The average Bonchev–Trinajstić information content (AvgIpc) is 2.75. The van der Waals surface area contributed by atoms with Gasteiger partial charge in [-0.25, -0.2) is 4.68 Å². The maximum Gasteiger partial charge on any atom is 0.270 e. The summed E-state index contributed by atoms with van der Waals surface area (Å²) in [5, 5.41) is 4.50. The minimum atomic E-state index is -0.238. The molecule has 1 saturated heterocycles. The first-order valence-electron chi connectivity index (χ1n) is 10.1. The van der Waals surface area contributed by atoms with Crippen LogP contribution in [0, 0.1) is 5.92 Å². The van der Waals surface area contributed by atoms with E-state index >= 15 is 0 Å². The van der Waals surface area contributed by atoms with Crippen LogP contribution >= 0.6 is 0 Å². The Kier molecular flexibility index (Phi) is 6.90. The van der Waals surface area contributed by atoms with Crippen molar-refractivity contribution in [3.8, 4) is 22.8 Å². The number of ether oxygens (including phenoxy) is 2. The summed E-state index contributed by atoms with van der Waals surface area (Å²) in [6, 6.07) is 8.87. The topological polar surface area (TPSA) is 73.7 Å². The number of rotatable bonds is 7. The van der Waals surface area contributed by atoms with Crippen LogP contribution in [0.5, 0.6) is 11.5 Å². The fraction of sp³-hybridized carbons (Fsp3) is 0.500. The van der Waals surface area contributed by atoms with Crippen LogP contribution in [0.2, 0.25) is 0 Å². The van der Waals surface area contributed by atoms with Gasteiger partial charge in [-0.2, -0.15) is 5.10 Å². The number of benzene rings is 1. The van der Waals surface area contributed by atoms with Crippen molar-refractivity contribution in [3.63, 3.8) is 0 Å². The summed E-state index contributed by atoms with van der Waals surface area (Å²) >= 11 is 0. The highest BCUT2D eigenvalue weighted by molar-refractivity contribution is 5.76. The second-order valence-electron chi connectivity index (χ2n) is 7.52. The second-order valence-corrected chi connectivity index (χ2v) is 7.52. The standard InChI is InChI=1S/C22H29N3O4/c1-16-10-13-24(14-11-16)20(26)5-4-12-25-21(27)15-19(29-3)22(23-25)17-6-8-18(28-2)9-7-17/h6-9,15-16H,4-5,10-14H2,1-3H3. The number of carbonyl (C=O) groups excluding carboxylic acids is 1. The Hall–Kier alpha value is -2.83. The van der Waals surface area contributed by atoms with Gasteiger partial charge >= 0.3 is 0 Å². The van der Waals surface area contributed by atoms with Gasteiger partial charge in [-0.1, -0.05) is 6.92 Å². The van der Waals surface area contributed by atoms with E-state index in [1.165, 1.54) is 17.9 Å². The first-order valence-corrected chi connectivity index (χ1v) is 10.1. The molecular weight excluding hydrogens is 370 g/mol. The molecule has 0 N–H and O–H groups in total. The Morgan fingerprint density at radius 1 is 1.14 bits per heavy atom. The van der Waals surface area contributed by atoms with Gasteiger partial charge in [0.2, 0.25) is 5.91 Å². The lowest BCUT2D eigenvalue weighted by atomic mass is 9.99. The number of likely N-dealkylation sites (tertiary alicyclic amines) is 1. The highest BCUT2D eigenvalue weighted by Gasteiger charge is 2.20. The number of hydrogen-bond donors (Lipinski definition) is 0. The molecule has 0 saturated carbocycles. The van der Waals surface area contributed by atoms with Crippen molar-refractivity contribution in [1.82, 2.24) is 14.7 Å². The van der Waals surface area contributed by atoms with Gasteiger partial charge in [0.25, 0.3) is 5.56 Å². The Balaban J connectivity index is 1.69. The van der Waals surface area contributed by atoms with Crippen molar-refractivity contribution < 1.29 is 14.3 Å². The number of aromatic nitrogens is 2. The maximum absolute atomic E-state index is 12.4. The van der Waals surface area contributed by atoms with Crippen molar-refractivity contribution in [2.45, 2.75) is 39.2 Å². The van der Waals surface area contributed by atoms with Gasteiger partial charge in [-0.15, -0.1) is 0 Å². The van der Waals surface area contributed by atoms with Crippen LogP contribution in [0.3, 0.4) is 0 Å². The molecule has 2 aromatic rings. The molecule has 1 aromatic carbocycles. The normalized spacial score (nSPS) is 14.7. The van der Waals surface area contributed by atoms with E-state index in [1.807, 2.05) is 29.2 Å². The molecule has 1 amide bonds. The highest BCUT2D eigenvalue weighted by Crippen LogP contribution is 2.27. The van der Waals surface area contributed by atoms with Crippen LogP contribution in [-0.4, -0.2) is 47.9 Å². The molecule has 1 aliphatic heterocycles. The number of amides is 1. The Morgan fingerprint density at radius 2 is 1.83 bits per heavy atom. The first-order chi connectivity index (χ1) is 14.0. The third-order valence-corrected chi connectivity index (χ3v) is 5.44. The van der Waals surface area contributed by atoms with Gasteiger partial charge in [-0.3, -0.25) is 9.59 Å². The predicted molar refractivity (Wildman–Crippen MR) is 111 cm³/mol. The largest absolute Gasteiger partial charge is 0.497 e. The quantitative estimate of drug-likeness (QED) is 0.716. The van der Waals surface area contributed by atoms with Gasteiger partial charge in [0, 0.05) is 37.7 Å². The number of piperidine rings is 1. The average molecular weight is 399 g/mol. The second kappa shape index (κ2) is 9.58. The molecule has 0 atom stereocenters. The SMILES string of the molecule is COc1ccc(-c2nn(CCCC(=O)N3CCC(C)CC3)c(=O)cc2OC)cc1. The van der Waals surface area contributed by atoms with Gasteiger partial charge in [0.1, 0.15) is 11.4 Å². The van der Waals surface area contributed by atoms with Gasteiger partial charge in [0.05, 0.1) is 14.2 Å². The van der Waals surface area contributed by atoms with Crippen LogP contribution in [0.25, 0.3) is 11.3 Å². The predicted octanol–water partition coefficient (Wildman–Crippen LogP) is 2.97. The third kappa shape index (κ3) is 5.16. The Morgan fingerprint density at radius 3 is 2.45 bits per heavy atom. The maximum atomic E-state index is 12.4. The van der Waals surface area contributed by atoms with E-state index in [1.54, 1.807) is 7.11 Å². The molecule has 3 rings (SSSR count). The summed E-state index contributed by atoms with van der Waals surface area (Å²) in [6.07, 6.45) is 3.13. The molecule has 0 spiro atoms. The van der Waals surface area contributed by atoms with E-state index in [-0.39, 0.29) is 11.5 Å². The van der Waals surface area contributed by atoms with Gasteiger partial charge in [-0.05, 0) is 49.4 Å². The van der Waals surface area contributed by atoms with Crippen LogP contribution < -0.4 is 15.0 Å². The molecule has 1 aliphatic rings. The Bertz CT molecular complexity index is 884. The highest BCUT2D eigenvalue weighted by atomic mass is 16.5. The number of nitrogens with zero attached hydrogens (tertiary/aromatic N) is 3. The monoisotopic (exact) mass is 399 g/mol. The number of hydrogen-bond acceptors (Lipinski definition) is 5. The number of carbonyl (C=O) groups is 1. The van der Waals surface area contributed by atoms with Crippen LogP contribution in [0.4, 0.5) is 0 Å². The molecule has 7 heteroatoms. The first kappa shape index (κ1) is 20.9. The van der Waals surface area contributed by atoms with Crippen molar-refractivity contribution in [1.29, 1.82) is 0 Å². The minimum absolute atomic E-state index is 0.161. The lowest BCUT2D eigenvalue weighted by Crippen LogP contribution is -2.38. The third-order valence-electron chi connectivity index (χ3n) is 5.44. The summed E-state index contributed by atoms with van der Waals surface area (Å²) in [6.45, 7) is 4.29.